The molecule has 0 heterocycles. The van der Waals surface area contributed by atoms with Crippen LogP contribution in [0, 0.1) is 0 Å². The Hall–Kier alpha value is -1.76. The van der Waals surface area contributed by atoms with Gasteiger partial charge in [-0.25, -0.2) is 4.79 Å². The number of benzene rings is 1. The van der Waals surface area contributed by atoms with Crippen LogP contribution in [0.1, 0.15) is 41.6 Å². The molecule has 3 N–H and O–H groups in total. The van der Waals surface area contributed by atoms with E-state index in [4.69, 9.17) is 5.11 Å². The average molecular weight is 303 g/mol. The van der Waals surface area contributed by atoms with E-state index >= 15 is 0 Å². The fourth-order valence-corrected chi connectivity index (χ4v) is 2.50. The van der Waals surface area contributed by atoms with E-state index in [2.05, 4.69) is 5.32 Å². The topological polar surface area (TPSA) is 69.6 Å². The van der Waals surface area contributed by atoms with Crippen molar-refractivity contribution in [1.82, 2.24) is 0 Å². The second-order valence-electron chi connectivity index (χ2n) is 5.17. The van der Waals surface area contributed by atoms with E-state index < -0.39 is 29.4 Å². The van der Waals surface area contributed by atoms with E-state index in [1.165, 1.54) is 0 Å². The van der Waals surface area contributed by atoms with Gasteiger partial charge in [-0.2, -0.15) is 13.2 Å². The Bertz CT molecular complexity index is 531. The third-order valence-corrected chi connectivity index (χ3v) is 3.65. The van der Waals surface area contributed by atoms with Crippen LogP contribution < -0.4 is 5.32 Å². The number of carbonyl (C=O) groups is 1. The summed E-state index contributed by atoms with van der Waals surface area (Å²) in [4.78, 5) is 11.2. The Kier molecular flexibility index (Phi) is 4.41. The first-order valence-electron chi connectivity index (χ1n) is 6.68. The molecule has 0 spiro atoms. The van der Waals surface area contributed by atoms with Gasteiger partial charge in [0.25, 0.3) is 0 Å². The highest BCUT2D eigenvalue weighted by Crippen LogP contribution is 2.33. The first kappa shape index (κ1) is 15.6. The summed E-state index contributed by atoms with van der Waals surface area (Å²) in [6.45, 7) is 0. The molecular formula is C14H16F3NO3. The van der Waals surface area contributed by atoms with Crippen LogP contribution >= 0.6 is 0 Å². The number of nitrogens with one attached hydrogen (secondary N) is 1. The molecule has 21 heavy (non-hydrogen) atoms. The van der Waals surface area contributed by atoms with Crippen molar-refractivity contribution >= 4 is 11.7 Å². The van der Waals surface area contributed by atoms with Crippen LogP contribution in [0.25, 0.3) is 0 Å². The van der Waals surface area contributed by atoms with Gasteiger partial charge in [0.1, 0.15) is 0 Å². The van der Waals surface area contributed by atoms with Crippen molar-refractivity contribution in [3.8, 4) is 0 Å². The van der Waals surface area contributed by atoms with Gasteiger partial charge in [-0.3, -0.25) is 0 Å². The Morgan fingerprint density at radius 3 is 2.48 bits per heavy atom. The highest BCUT2D eigenvalue weighted by molar-refractivity contribution is 5.94. The molecule has 2 unspecified atom stereocenters. The average Bonchev–Trinajstić information content (AvgIpc) is 2.40. The van der Waals surface area contributed by atoms with Gasteiger partial charge in [0, 0.05) is 5.69 Å². The quantitative estimate of drug-likeness (QED) is 0.802. The number of anilines is 1. The lowest BCUT2D eigenvalue weighted by molar-refractivity contribution is -0.137. The van der Waals surface area contributed by atoms with Gasteiger partial charge in [0.2, 0.25) is 0 Å². The van der Waals surface area contributed by atoms with Crippen molar-refractivity contribution in [3.63, 3.8) is 0 Å². The number of aromatic carboxylic acids is 1. The SMILES string of the molecule is O=C(O)c1cc(C(F)(F)F)ccc1NC1CCCCC1O. The maximum Gasteiger partial charge on any atom is 0.416 e. The summed E-state index contributed by atoms with van der Waals surface area (Å²) in [6, 6.07) is 2.21. The number of halogens is 3. The van der Waals surface area contributed by atoms with Crippen molar-refractivity contribution in [2.24, 2.45) is 0 Å². The monoisotopic (exact) mass is 303 g/mol. The molecule has 1 aromatic carbocycles. The summed E-state index contributed by atoms with van der Waals surface area (Å²) in [5.74, 6) is -1.44. The molecule has 2 atom stereocenters. The van der Waals surface area contributed by atoms with Gasteiger partial charge in [-0.05, 0) is 31.0 Å². The van der Waals surface area contributed by atoms with E-state index in [9.17, 15) is 23.1 Å². The molecule has 0 aromatic heterocycles. The summed E-state index contributed by atoms with van der Waals surface area (Å²) in [5.41, 5.74) is -1.35. The number of aliphatic hydroxyl groups is 1. The minimum atomic E-state index is -4.59. The maximum atomic E-state index is 12.6. The molecule has 7 heteroatoms. The molecule has 1 saturated carbocycles. The minimum absolute atomic E-state index is 0.0986. The van der Waals surface area contributed by atoms with Crippen molar-refractivity contribution < 1.29 is 28.2 Å². The molecule has 1 aromatic rings. The highest BCUT2D eigenvalue weighted by atomic mass is 19.4. The first-order valence-corrected chi connectivity index (χ1v) is 6.68. The van der Waals surface area contributed by atoms with Crippen LogP contribution in [-0.4, -0.2) is 28.3 Å². The lowest BCUT2D eigenvalue weighted by Gasteiger charge is -2.29. The van der Waals surface area contributed by atoms with Crippen molar-refractivity contribution in [3.05, 3.63) is 29.3 Å². The summed E-state index contributed by atoms with van der Waals surface area (Å²) < 4.78 is 37.9. The fraction of sp³-hybridized carbons (Fsp3) is 0.500. The minimum Gasteiger partial charge on any atom is -0.478 e. The smallest absolute Gasteiger partial charge is 0.416 e. The Morgan fingerprint density at radius 1 is 1.24 bits per heavy atom. The van der Waals surface area contributed by atoms with Gasteiger partial charge in [0.05, 0.1) is 23.3 Å². The zero-order chi connectivity index (χ0) is 15.6. The predicted molar refractivity (Wildman–Crippen MR) is 70.3 cm³/mol. The lowest BCUT2D eigenvalue weighted by Crippen LogP contribution is -2.36. The highest BCUT2D eigenvalue weighted by Gasteiger charge is 2.32. The van der Waals surface area contributed by atoms with Gasteiger partial charge in [-0.15, -0.1) is 0 Å². The molecule has 116 valence electrons. The molecule has 0 aliphatic heterocycles. The van der Waals surface area contributed by atoms with Crippen molar-refractivity contribution in [1.29, 1.82) is 0 Å². The summed E-state index contributed by atoms with van der Waals surface area (Å²) >= 11 is 0. The van der Waals surface area contributed by atoms with Crippen LogP contribution in [0.5, 0.6) is 0 Å². The number of rotatable bonds is 3. The molecule has 2 rings (SSSR count). The summed E-state index contributed by atoms with van der Waals surface area (Å²) in [7, 11) is 0. The van der Waals surface area contributed by atoms with Crippen LogP contribution in [0.3, 0.4) is 0 Å². The Labute approximate surface area is 119 Å². The normalized spacial score (nSPS) is 22.9. The third kappa shape index (κ3) is 3.66. The third-order valence-electron chi connectivity index (χ3n) is 3.65. The molecule has 4 nitrogen and oxygen atoms in total. The largest absolute Gasteiger partial charge is 0.478 e. The standard InChI is InChI=1S/C14H16F3NO3/c15-14(16,17)8-5-6-10(9(7-8)13(20)21)18-11-3-1-2-4-12(11)19/h5-7,11-12,18-19H,1-4H2,(H,20,21). The van der Waals surface area contributed by atoms with Crippen molar-refractivity contribution in [2.45, 2.75) is 44.0 Å². The van der Waals surface area contributed by atoms with Crippen LogP contribution in [-0.2, 0) is 6.18 Å². The molecule has 1 aliphatic carbocycles. The fourth-order valence-electron chi connectivity index (χ4n) is 2.50. The molecule has 1 aliphatic rings. The van der Waals surface area contributed by atoms with E-state index in [1.807, 2.05) is 0 Å². The molecule has 0 radical (unpaired) electrons. The van der Waals surface area contributed by atoms with E-state index in [1.54, 1.807) is 0 Å². The van der Waals surface area contributed by atoms with Gasteiger partial charge in [0.15, 0.2) is 0 Å². The number of hydrogen-bond donors (Lipinski definition) is 3. The second kappa shape index (κ2) is 5.93. The zero-order valence-corrected chi connectivity index (χ0v) is 11.2. The maximum absolute atomic E-state index is 12.6. The summed E-state index contributed by atoms with van der Waals surface area (Å²) in [6.07, 6.45) is -2.19. The molecule has 1 fully saturated rings. The number of carboxylic acids is 1. The number of aliphatic hydroxyl groups excluding tert-OH is 1. The molecular weight excluding hydrogens is 287 g/mol. The van der Waals surface area contributed by atoms with Crippen molar-refractivity contribution in [2.75, 3.05) is 5.32 Å². The number of carboxylic acid groups (broad SMARTS) is 1. The van der Waals surface area contributed by atoms with E-state index in [0.717, 1.165) is 25.0 Å². The number of hydrogen-bond acceptors (Lipinski definition) is 3. The predicted octanol–water partition coefficient (Wildman–Crippen LogP) is 3.12. The summed E-state index contributed by atoms with van der Waals surface area (Å²) in [5, 5.41) is 21.8. The zero-order valence-electron chi connectivity index (χ0n) is 11.2. The molecule has 0 amide bonds. The van der Waals surface area contributed by atoms with Crippen LogP contribution in [0.2, 0.25) is 0 Å². The van der Waals surface area contributed by atoms with E-state index in [-0.39, 0.29) is 11.7 Å². The lowest BCUT2D eigenvalue weighted by atomic mass is 9.92. The second-order valence-corrected chi connectivity index (χ2v) is 5.17. The Morgan fingerprint density at radius 2 is 1.90 bits per heavy atom. The Balaban J connectivity index is 2.28. The first-order chi connectivity index (χ1) is 9.79. The van der Waals surface area contributed by atoms with Gasteiger partial charge < -0.3 is 15.5 Å². The molecule has 0 bridgehead atoms. The molecule has 0 saturated heterocycles. The van der Waals surface area contributed by atoms with Gasteiger partial charge >= 0.3 is 12.1 Å². The van der Waals surface area contributed by atoms with E-state index in [0.29, 0.717) is 18.9 Å². The number of alkyl halides is 3. The van der Waals surface area contributed by atoms with Crippen LogP contribution in [0.15, 0.2) is 18.2 Å². The van der Waals surface area contributed by atoms with Crippen LogP contribution in [0.4, 0.5) is 18.9 Å². The van der Waals surface area contributed by atoms with Gasteiger partial charge in [-0.1, -0.05) is 12.8 Å².